The minimum Gasteiger partial charge on any atom is -0.348 e. The number of sulfonamides is 1. The lowest BCUT2D eigenvalue weighted by atomic mass is 10.1. The van der Waals surface area contributed by atoms with E-state index in [0.29, 0.717) is 5.69 Å². The fourth-order valence-corrected chi connectivity index (χ4v) is 5.06. The van der Waals surface area contributed by atoms with Gasteiger partial charge in [0.1, 0.15) is 6.54 Å². The molecule has 0 aliphatic carbocycles. The van der Waals surface area contributed by atoms with Crippen molar-refractivity contribution in [1.29, 1.82) is 0 Å². The Kier molecular flexibility index (Phi) is 7.04. The van der Waals surface area contributed by atoms with Gasteiger partial charge < -0.3 is 5.32 Å². The summed E-state index contributed by atoms with van der Waals surface area (Å²) in [7, 11) is -3.93. The summed E-state index contributed by atoms with van der Waals surface area (Å²) in [4.78, 5) is 13.1. The molecule has 6 heteroatoms. The van der Waals surface area contributed by atoms with Crippen molar-refractivity contribution in [3.05, 3.63) is 94.5 Å². The molecule has 0 saturated heterocycles. The van der Waals surface area contributed by atoms with Crippen LogP contribution in [0.2, 0.25) is 0 Å². The molecule has 0 saturated carbocycles. The van der Waals surface area contributed by atoms with E-state index in [4.69, 9.17) is 0 Å². The maximum absolute atomic E-state index is 13.6. The summed E-state index contributed by atoms with van der Waals surface area (Å²) in [5, 5.41) is 2.93. The van der Waals surface area contributed by atoms with E-state index in [-0.39, 0.29) is 23.4 Å². The van der Waals surface area contributed by atoms with Gasteiger partial charge in [-0.2, -0.15) is 0 Å². The number of amides is 1. The highest BCUT2D eigenvalue weighted by molar-refractivity contribution is 7.92. The number of benzene rings is 3. The molecule has 168 valence electrons. The van der Waals surface area contributed by atoms with Gasteiger partial charge in [-0.05, 0) is 63.9 Å². The molecular formula is C26H30N2O3S. The molecule has 32 heavy (non-hydrogen) atoms. The van der Waals surface area contributed by atoms with Crippen LogP contribution in [0.4, 0.5) is 5.69 Å². The predicted molar refractivity (Wildman–Crippen MR) is 129 cm³/mol. The van der Waals surface area contributed by atoms with Gasteiger partial charge >= 0.3 is 0 Å². The van der Waals surface area contributed by atoms with Crippen LogP contribution in [-0.4, -0.2) is 20.9 Å². The van der Waals surface area contributed by atoms with Gasteiger partial charge in [-0.1, -0.05) is 65.2 Å². The van der Waals surface area contributed by atoms with E-state index < -0.39 is 10.0 Å². The normalized spacial score (nSPS) is 12.3. The highest BCUT2D eigenvalue weighted by Gasteiger charge is 2.28. The summed E-state index contributed by atoms with van der Waals surface area (Å²) in [6.45, 7) is 9.29. The van der Waals surface area contributed by atoms with Crippen LogP contribution in [0.5, 0.6) is 0 Å². The van der Waals surface area contributed by atoms with E-state index in [9.17, 15) is 13.2 Å². The van der Waals surface area contributed by atoms with Gasteiger partial charge in [-0.25, -0.2) is 8.42 Å². The Labute approximate surface area is 191 Å². The Hall–Kier alpha value is -3.12. The summed E-state index contributed by atoms with van der Waals surface area (Å²) in [6, 6.07) is 19.9. The first-order valence-corrected chi connectivity index (χ1v) is 12.0. The summed E-state index contributed by atoms with van der Waals surface area (Å²) >= 11 is 0. The van der Waals surface area contributed by atoms with Crippen molar-refractivity contribution < 1.29 is 13.2 Å². The quantitative estimate of drug-likeness (QED) is 0.551. The maximum Gasteiger partial charge on any atom is 0.264 e. The van der Waals surface area contributed by atoms with E-state index in [1.54, 1.807) is 30.3 Å². The van der Waals surface area contributed by atoms with Crippen LogP contribution in [0.3, 0.4) is 0 Å². The average Bonchev–Trinajstić information content (AvgIpc) is 2.73. The molecule has 3 rings (SSSR count). The Bertz CT molecular complexity index is 1200. The van der Waals surface area contributed by atoms with Crippen LogP contribution < -0.4 is 9.62 Å². The molecule has 1 N–H and O–H groups in total. The largest absolute Gasteiger partial charge is 0.348 e. The van der Waals surface area contributed by atoms with Crippen LogP contribution in [0.25, 0.3) is 0 Å². The molecule has 0 bridgehead atoms. The van der Waals surface area contributed by atoms with Crippen LogP contribution >= 0.6 is 0 Å². The molecule has 0 radical (unpaired) electrons. The van der Waals surface area contributed by atoms with Gasteiger partial charge in [0.25, 0.3) is 10.0 Å². The number of rotatable bonds is 7. The van der Waals surface area contributed by atoms with E-state index in [1.165, 1.54) is 4.31 Å². The summed E-state index contributed by atoms with van der Waals surface area (Å²) in [6.07, 6.45) is 0. The first-order chi connectivity index (χ1) is 15.1. The van der Waals surface area contributed by atoms with Gasteiger partial charge in [-0.3, -0.25) is 9.10 Å². The first kappa shape index (κ1) is 23.5. The molecule has 0 fully saturated rings. The number of hydrogen-bond acceptors (Lipinski definition) is 3. The van der Waals surface area contributed by atoms with E-state index in [0.717, 1.165) is 27.8 Å². The van der Waals surface area contributed by atoms with Gasteiger partial charge in [0.05, 0.1) is 16.6 Å². The van der Waals surface area contributed by atoms with Crippen molar-refractivity contribution >= 4 is 21.6 Å². The standard InChI is InChI=1S/C26H30N2O3S/c1-18-6-11-23(12-7-18)22(5)27-26(29)17-28(25-15-10-20(3)16-21(25)4)32(30,31)24-13-8-19(2)9-14-24/h6-16,22H,17H2,1-5H3,(H,27,29). The number of nitrogens with zero attached hydrogens (tertiary/aromatic N) is 1. The van der Waals surface area contributed by atoms with E-state index >= 15 is 0 Å². The zero-order valence-corrected chi connectivity index (χ0v) is 20.0. The maximum atomic E-state index is 13.6. The number of carbonyl (C=O) groups is 1. The molecule has 1 unspecified atom stereocenters. The zero-order valence-electron chi connectivity index (χ0n) is 19.2. The number of aryl methyl sites for hydroxylation is 4. The van der Waals surface area contributed by atoms with Crippen molar-refractivity contribution in [3.8, 4) is 0 Å². The predicted octanol–water partition coefficient (Wildman–Crippen LogP) is 4.99. The number of carbonyl (C=O) groups excluding carboxylic acids is 1. The van der Waals surface area contributed by atoms with Crippen molar-refractivity contribution in [2.75, 3.05) is 10.8 Å². The molecule has 1 amide bonds. The molecule has 3 aromatic rings. The van der Waals surface area contributed by atoms with Crippen LogP contribution in [0.1, 0.15) is 40.8 Å². The third-order valence-corrected chi connectivity index (χ3v) is 7.25. The van der Waals surface area contributed by atoms with Crippen molar-refractivity contribution in [2.45, 2.75) is 45.6 Å². The third-order valence-electron chi connectivity index (χ3n) is 5.47. The summed E-state index contributed by atoms with van der Waals surface area (Å²) < 4.78 is 28.3. The highest BCUT2D eigenvalue weighted by atomic mass is 32.2. The van der Waals surface area contributed by atoms with Gasteiger partial charge in [0.15, 0.2) is 0 Å². The van der Waals surface area contributed by atoms with Crippen LogP contribution in [0.15, 0.2) is 71.6 Å². The molecule has 0 aliphatic heterocycles. The van der Waals surface area contributed by atoms with Crippen molar-refractivity contribution in [1.82, 2.24) is 5.32 Å². The minimum absolute atomic E-state index is 0.155. The van der Waals surface area contributed by atoms with E-state index in [1.807, 2.05) is 71.0 Å². The average molecular weight is 451 g/mol. The number of anilines is 1. The third kappa shape index (κ3) is 5.37. The van der Waals surface area contributed by atoms with Gasteiger partial charge in [-0.15, -0.1) is 0 Å². The van der Waals surface area contributed by atoms with Crippen LogP contribution in [-0.2, 0) is 14.8 Å². The molecule has 0 heterocycles. The second-order valence-electron chi connectivity index (χ2n) is 8.31. The smallest absolute Gasteiger partial charge is 0.264 e. The molecular weight excluding hydrogens is 420 g/mol. The minimum atomic E-state index is -3.93. The SMILES string of the molecule is Cc1ccc(C(C)NC(=O)CN(c2ccc(C)cc2C)S(=O)(=O)c2ccc(C)cc2)cc1. The molecule has 5 nitrogen and oxygen atoms in total. The Morgan fingerprint density at radius 1 is 0.844 bits per heavy atom. The Morgan fingerprint density at radius 3 is 1.94 bits per heavy atom. The number of hydrogen-bond donors (Lipinski definition) is 1. The van der Waals surface area contributed by atoms with E-state index in [2.05, 4.69) is 5.32 Å². The van der Waals surface area contributed by atoms with Crippen molar-refractivity contribution in [2.24, 2.45) is 0 Å². The van der Waals surface area contributed by atoms with Crippen LogP contribution in [0, 0.1) is 27.7 Å². The monoisotopic (exact) mass is 450 g/mol. The molecule has 3 aromatic carbocycles. The Morgan fingerprint density at radius 2 is 1.38 bits per heavy atom. The molecule has 1 atom stereocenters. The lowest BCUT2D eigenvalue weighted by Crippen LogP contribution is -2.42. The molecule has 0 spiro atoms. The summed E-state index contributed by atoms with van der Waals surface area (Å²) in [5.41, 5.74) is 5.37. The molecule has 0 aromatic heterocycles. The Balaban J connectivity index is 1.92. The lowest BCUT2D eigenvalue weighted by Gasteiger charge is -2.26. The fourth-order valence-electron chi connectivity index (χ4n) is 3.58. The van der Waals surface area contributed by atoms with Gasteiger partial charge in [0, 0.05) is 0 Å². The molecule has 0 aliphatic rings. The topological polar surface area (TPSA) is 66.5 Å². The van der Waals surface area contributed by atoms with Gasteiger partial charge in [0.2, 0.25) is 5.91 Å². The zero-order chi connectivity index (χ0) is 23.5. The highest BCUT2D eigenvalue weighted by Crippen LogP contribution is 2.28. The fraction of sp³-hybridized carbons (Fsp3) is 0.269. The summed E-state index contributed by atoms with van der Waals surface area (Å²) in [5.74, 6) is -0.367. The lowest BCUT2D eigenvalue weighted by molar-refractivity contribution is -0.120. The van der Waals surface area contributed by atoms with Crippen molar-refractivity contribution in [3.63, 3.8) is 0 Å². The second kappa shape index (κ2) is 9.57. The first-order valence-electron chi connectivity index (χ1n) is 10.6. The number of nitrogens with one attached hydrogen (secondary N) is 1. The second-order valence-corrected chi connectivity index (χ2v) is 10.2.